The molecule has 0 N–H and O–H groups in total. The standard InChI is InChI=1S/C18H18ClN/c1-2-3-4-5-15-6-8-16(9-7-15)10-12-18-13-11-17(19)14-20-18/h6-9,11,13-14H,2-5H2,1H3. The van der Waals surface area contributed by atoms with E-state index in [9.17, 15) is 0 Å². The molecule has 0 aliphatic heterocycles. The van der Waals surface area contributed by atoms with Crippen molar-refractivity contribution in [1.82, 2.24) is 4.98 Å². The molecule has 1 aromatic carbocycles. The van der Waals surface area contributed by atoms with Crippen LogP contribution in [0.15, 0.2) is 42.6 Å². The Morgan fingerprint density at radius 1 is 1.00 bits per heavy atom. The Balaban J connectivity index is 1.98. The zero-order valence-corrected chi connectivity index (χ0v) is 12.5. The van der Waals surface area contributed by atoms with E-state index < -0.39 is 0 Å². The van der Waals surface area contributed by atoms with Gasteiger partial charge in [-0.05, 0) is 48.6 Å². The number of nitrogens with zero attached hydrogens (tertiary/aromatic N) is 1. The van der Waals surface area contributed by atoms with Crippen molar-refractivity contribution in [2.75, 3.05) is 0 Å². The third-order valence-electron chi connectivity index (χ3n) is 3.09. The highest BCUT2D eigenvalue weighted by Gasteiger charge is 1.94. The van der Waals surface area contributed by atoms with E-state index >= 15 is 0 Å². The summed E-state index contributed by atoms with van der Waals surface area (Å²) in [4.78, 5) is 4.16. The Morgan fingerprint density at radius 3 is 2.45 bits per heavy atom. The van der Waals surface area contributed by atoms with Crippen molar-refractivity contribution >= 4 is 11.6 Å². The summed E-state index contributed by atoms with van der Waals surface area (Å²) in [6.07, 6.45) is 6.58. The lowest BCUT2D eigenvalue weighted by Crippen LogP contribution is -1.86. The van der Waals surface area contributed by atoms with Gasteiger partial charge in [-0.3, -0.25) is 0 Å². The normalized spacial score (nSPS) is 9.90. The first-order valence-corrected chi connectivity index (χ1v) is 7.38. The van der Waals surface area contributed by atoms with E-state index in [1.165, 1.54) is 24.8 Å². The Kier molecular flexibility index (Phi) is 5.65. The summed E-state index contributed by atoms with van der Waals surface area (Å²) in [6.45, 7) is 2.23. The fourth-order valence-corrected chi connectivity index (χ4v) is 2.03. The van der Waals surface area contributed by atoms with Crippen LogP contribution in [0, 0.1) is 11.8 Å². The summed E-state index contributed by atoms with van der Waals surface area (Å²) in [5.74, 6) is 6.16. The van der Waals surface area contributed by atoms with Gasteiger partial charge < -0.3 is 0 Å². The number of rotatable bonds is 4. The number of hydrogen-bond acceptors (Lipinski definition) is 1. The fraction of sp³-hybridized carbons (Fsp3) is 0.278. The van der Waals surface area contributed by atoms with E-state index in [0.29, 0.717) is 5.02 Å². The van der Waals surface area contributed by atoms with Gasteiger partial charge in [0.15, 0.2) is 0 Å². The smallest absolute Gasteiger partial charge is 0.113 e. The summed E-state index contributed by atoms with van der Waals surface area (Å²) < 4.78 is 0. The molecule has 0 spiro atoms. The molecule has 1 nitrogen and oxygen atoms in total. The minimum absolute atomic E-state index is 0.631. The topological polar surface area (TPSA) is 12.9 Å². The zero-order chi connectivity index (χ0) is 14.2. The summed E-state index contributed by atoms with van der Waals surface area (Å²) in [7, 11) is 0. The Bertz CT molecular complexity index is 588. The Labute approximate surface area is 126 Å². The third kappa shape index (κ3) is 4.72. The highest BCUT2D eigenvalue weighted by molar-refractivity contribution is 6.30. The van der Waals surface area contributed by atoms with Crippen molar-refractivity contribution in [3.8, 4) is 11.8 Å². The van der Waals surface area contributed by atoms with Crippen molar-refractivity contribution in [2.45, 2.75) is 32.6 Å². The number of hydrogen-bond donors (Lipinski definition) is 0. The predicted molar refractivity (Wildman–Crippen MR) is 84.9 cm³/mol. The molecule has 0 amide bonds. The number of pyridine rings is 1. The van der Waals surface area contributed by atoms with Crippen LogP contribution >= 0.6 is 11.6 Å². The molecule has 1 aromatic heterocycles. The summed E-state index contributed by atoms with van der Waals surface area (Å²) in [5, 5.41) is 0.631. The van der Waals surface area contributed by atoms with Crippen molar-refractivity contribution in [3.63, 3.8) is 0 Å². The minimum atomic E-state index is 0.631. The van der Waals surface area contributed by atoms with Gasteiger partial charge in [0.25, 0.3) is 0 Å². The van der Waals surface area contributed by atoms with Gasteiger partial charge in [-0.2, -0.15) is 0 Å². The molecular formula is C18H18ClN. The van der Waals surface area contributed by atoms with Gasteiger partial charge in [0.2, 0.25) is 0 Å². The lowest BCUT2D eigenvalue weighted by atomic mass is 10.1. The van der Waals surface area contributed by atoms with Crippen molar-refractivity contribution in [2.24, 2.45) is 0 Å². The molecule has 0 fully saturated rings. The van der Waals surface area contributed by atoms with Crippen molar-refractivity contribution in [3.05, 3.63) is 64.4 Å². The van der Waals surface area contributed by atoms with Gasteiger partial charge in [-0.25, -0.2) is 4.98 Å². The SMILES string of the molecule is CCCCCc1ccc(C#Cc2ccc(Cl)cn2)cc1. The molecule has 20 heavy (non-hydrogen) atoms. The summed E-state index contributed by atoms with van der Waals surface area (Å²) in [5.41, 5.74) is 3.14. The van der Waals surface area contributed by atoms with Crippen LogP contribution in [0.2, 0.25) is 5.02 Å². The second-order valence-electron chi connectivity index (χ2n) is 4.77. The maximum atomic E-state index is 5.79. The predicted octanol–water partition coefficient (Wildman–Crippen LogP) is 4.87. The van der Waals surface area contributed by atoms with Crippen LogP contribution in [-0.4, -0.2) is 4.98 Å². The number of aryl methyl sites for hydroxylation is 1. The first-order chi connectivity index (χ1) is 9.78. The molecule has 0 saturated heterocycles. The van der Waals surface area contributed by atoms with E-state index in [0.717, 1.165) is 17.7 Å². The molecule has 0 bridgehead atoms. The summed E-state index contributed by atoms with van der Waals surface area (Å²) >= 11 is 5.79. The molecule has 0 atom stereocenters. The highest BCUT2D eigenvalue weighted by Crippen LogP contribution is 2.09. The number of aromatic nitrogens is 1. The van der Waals surface area contributed by atoms with Gasteiger partial charge in [-0.15, -0.1) is 0 Å². The number of halogens is 1. The minimum Gasteiger partial charge on any atom is -0.246 e. The quantitative estimate of drug-likeness (QED) is 0.576. The lowest BCUT2D eigenvalue weighted by molar-refractivity contribution is 0.717. The van der Waals surface area contributed by atoms with Crippen LogP contribution in [0.4, 0.5) is 0 Å². The van der Waals surface area contributed by atoms with Crippen LogP contribution in [0.25, 0.3) is 0 Å². The Hall–Kier alpha value is -1.78. The van der Waals surface area contributed by atoms with Crippen molar-refractivity contribution in [1.29, 1.82) is 0 Å². The first kappa shape index (κ1) is 14.6. The molecule has 2 aromatic rings. The van der Waals surface area contributed by atoms with Crippen LogP contribution < -0.4 is 0 Å². The molecule has 0 saturated carbocycles. The third-order valence-corrected chi connectivity index (χ3v) is 3.31. The molecule has 0 unspecified atom stereocenters. The largest absolute Gasteiger partial charge is 0.246 e. The van der Waals surface area contributed by atoms with E-state index in [1.807, 2.05) is 6.07 Å². The van der Waals surface area contributed by atoms with Gasteiger partial charge in [0.05, 0.1) is 5.02 Å². The monoisotopic (exact) mass is 283 g/mol. The molecule has 2 heteroatoms. The fourth-order valence-electron chi connectivity index (χ4n) is 1.92. The van der Waals surface area contributed by atoms with E-state index in [1.54, 1.807) is 12.3 Å². The average molecular weight is 284 g/mol. The van der Waals surface area contributed by atoms with Gasteiger partial charge in [0, 0.05) is 11.8 Å². The zero-order valence-electron chi connectivity index (χ0n) is 11.7. The summed E-state index contributed by atoms with van der Waals surface area (Å²) in [6, 6.07) is 12.1. The van der Waals surface area contributed by atoms with E-state index in [-0.39, 0.29) is 0 Å². The molecule has 1 heterocycles. The molecular weight excluding hydrogens is 266 g/mol. The highest BCUT2D eigenvalue weighted by atomic mass is 35.5. The molecule has 0 radical (unpaired) electrons. The lowest BCUT2D eigenvalue weighted by Gasteiger charge is -2.00. The van der Waals surface area contributed by atoms with Crippen molar-refractivity contribution < 1.29 is 0 Å². The maximum absolute atomic E-state index is 5.79. The molecule has 102 valence electrons. The van der Waals surface area contributed by atoms with Gasteiger partial charge in [-0.1, -0.05) is 49.4 Å². The van der Waals surface area contributed by atoms with E-state index in [4.69, 9.17) is 11.6 Å². The van der Waals surface area contributed by atoms with Gasteiger partial charge >= 0.3 is 0 Å². The van der Waals surface area contributed by atoms with Crippen LogP contribution in [0.1, 0.15) is 43.0 Å². The second-order valence-corrected chi connectivity index (χ2v) is 5.20. The van der Waals surface area contributed by atoms with Gasteiger partial charge in [0.1, 0.15) is 5.69 Å². The van der Waals surface area contributed by atoms with E-state index in [2.05, 4.69) is 48.0 Å². The molecule has 0 aliphatic carbocycles. The van der Waals surface area contributed by atoms with Crippen LogP contribution in [0.3, 0.4) is 0 Å². The molecule has 2 rings (SSSR count). The Morgan fingerprint density at radius 2 is 1.80 bits per heavy atom. The second kappa shape index (κ2) is 7.72. The maximum Gasteiger partial charge on any atom is 0.113 e. The molecule has 0 aliphatic rings. The first-order valence-electron chi connectivity index (χ1n) is 7.00. The average Bonchev–Trinajstić information content (AvgIpc) is 2.48. The van der Waals surface area contributed by atoms with Crippen LogP contribution in [0.5, 0.6) is 0 Å². The number of unbranched alkanes of at least 4 members (excludes halogenated alkanes) is 2. The van der Waals surface area contributed by atoms with Crippen LogP contribution in [-0.2, 0) is 6.42 Å². The number of benzene rings is 1.